The summed E-state index contributed by atoms with van der Waals surface area (Å²) < 4.78 is 82.4. The molecule has 158 valence electrons. The van der Waals surface area contributed by atoms with Gasteiger partial charge in [0.05, 0.1) is 0 Å². The van der Waals surface area contributed by atoms with Crippen molar-refractivity contribution < 1.29 is 35.9 Å². The highest BCUT2D eigenvalue weighted by Gasteiger charge is 2.58. The molecule has 0 aliphatic carbocycles. The minimum absolute atomic E-state index is 0.0573. The molecule has 30 heavy (non-hydrogen) atoms. The van der Waals surface area contributed by atoms with Gasteiger partial charge in [-0.3, -0.25) is 9.89 Å². The summed E-state index contributed by atoms with van der Waals surface area (Å²) in [6, 6.07) is 8.76. The van der Waals surface area contributed by atoms with Gasteiger partial charge in [0, 0.05) is 11.1 Å². The zero-order valence-corrected chi connectivity index (χ0v) is 14.8. The number of hydrogen-bond donors (Lipinski definition) is 2. The summed E-state index contributed by atoms with van der Waals surface area (Å²) in [4.78, 5) is 14.9. The molecule has 0 saturated carbocycles. The Bertz CT molecular complexity index is 1080. The number of primary amides is 1. The number of rotatable bonds is 6. The maximum Gasteiger partial charge on any atom is 0.456 e. The molecule has 0 saturated heterocycles. The van der Waals surface area contributed by atoms with Gasteiger partial charge in [-0.05, 0) is 29.8 Å². The first kappa shape index (κ1) is 21.1. The van der Waals surface area contributed by atoms with Gasteiger partial charge < -0.3 is 10.5 Å². The van der Waals surface area contributed by atoms with Crippen molar-refractivity contribution in [3.05, 3.63) is 54.1 Å². The van der Waals surface area contributed by atoms with Gasteiger partial charge in [-0.2, -0.15) is 27.1 Å². The highest BCUT2D eigenvalue weighted by Crippen LogP contribution is 2.38. The zero-order chi connectivity index (χ0) is 22.1. The van der Waals surface area contributed by atoms with E-state index in [4.69, 9.17) is 10.5 Å². The highest BCUT2D eigenvalue weighted by molar-refractivity contribution is 5.89. The number of carbonyl (C=O) groups excluding carboxylic acids is 1. The van der Waals surface area contributed by atoms with Crippen LogP contribution in [-0.4, -0.2) is 39.8 Å². The Hall–Kier alpha value is -3.57. The molecule has 0 bridgehead atoms. The molecule has 0 spiro atoms. The fourth-order valence-corrected chi connectivity index (χ4v) is 2.46. The summed E-state index contributed by atoms with van der Waals surface area (Å²) in [5.74, 6) is -7.40. The molecule has 1 amide bonds. The van der Waals surface area contributed by atoms with Gasteiger partial charge in [-0.15, -0.1) is 0 Å². The van der Waals surface area contributed by atoms with E-state index in [9.17, 15) is 31.1 Å². The predicted molar refractivity (Wildman–Crippen MR) is 92.2 cm³/mol. The maximum atomic E-state index is 14.2. The van der Waals surface area contributed by atoms with Crippen LogP contribution in [0, 0.1) is 5.82 Å². The van der Waals surface area contributed by atoms with Crippen LogP contribution in [0.2, 0.25) is 0 Å². The van der Waals surface area contributed by atoms with Crippen LogP contribution in [0.25, 0.3) is 22.5 Å². The molecule has 0 unspecified atom stereocenters. The molecule has 3 aromatic rings. The van der Waals surface area contributed by atoms with Gasteiger partial charge in [0.2, 0.25) is 5.82 Å². The molecule has 6 nitrogen and oxygen atoms in total. The Labute approximate surface area is 164 Å². The van der Waals surface area contributed by atoms with E-state index in [0.29, 0.717) is 0 Å². The second-order valence-electron chi connectivity index (χ2n) is 6.09. The van der Waals surface area contributed by atoms with Crippen molar-refractivity contribution >= 4 is 5.91 Å². The smallest absolute Gasteiger partial charge is 0.456 e. The monoisotopic (exact) mass is 430 g/mol. The lowest BCUT2D eigenvalue weighted by atomic mass is 10.0. The van der Waals surface area contributed by atoms with E-state index in [-0.39, 0.29) is 34.1 Å². The number of aromatic nitrogens is 3. The van der Waals surface area contributed by atoms with Crippen molar-refractivity contribution in [3.63, 3.8) is 0 Å². The number of hydrogen-bond acceptors (Lipinski definition) is 4. The summed E-state index contributed by atoms with van der Waals surface area (Å²) >= 11 is 0. The van der Waals surface area contributed by atoms with Crippen molar-refractivity contribution in [3.8, 4) is 28.3 Å². The second kappa shape index (κ2) is 7.69. The molecule has 0 radical (unpaired) electrons. The predicted octanol–water partition coefficient (Wildman–Crippen LogP) is 3.95. The van der Waals surface area contributed by atoms with Gasteiger partial charge in [0.25, 0.3) is 5.91 Å². The average molecular weight is 430 g/mol. The molecule has 1 aromatic heterocycles. The normalized spacial score (nSPS) is 12.1. The topological polar surface area (TPSA) is 93.9 Å². The molecule has 0 aliphatic rings. The van der Waals surface area contributed by atoms with Crippen LogP contribution in [0.15, 0.2) is 42.5 Å². The molecule has 0 aliphatic heterocycles. The number of H-pyrrole nitrogens is 1. The summed E-state index contributed by atoms with van der Waals surface area (Å²) in [7, 11) is 0. The van der Waals surface area contributed by atoms with Crippen molar-refractivity contribution in [1.82, 2.24) is 15.2 Å². The summed E-state index contributed by atoms with van der Waals surface area (Å²) in [6.07, 6.45) is -5.78. The summed E-state index contributed by atoms with van der Waals surface area (Å²) in [5, 5.41) is 6.01. The zero-order valence-electron chi connectivity index (χ0n) is 14.8. The Morgan fingerprint density at radius 2 is 1.73 bits per heavy atom. The van der Waals surface area contributed by atoms with Gasteiger partial charge in [-0.25, -0.2) is 9.37 Å². The number of nitrogens with zero attached hydrogens (tertiary/aromatic N) is 2. The number of aromatic amines is 1. The highest BCUT2D eigenvalue weighted by atomic mass is 19.4. The van der Waals surface area contributed by atoms with E-state index in [1.165, 1.54) is 30.3 Å². The molecular formula is C18H12F6N4O2. The lowest BCUT2D eigenvalue weighted by molar-refractivity contribution is -0.289. The third-order valence-electron chi connectivity index (χ3n) is 3.90. The minimum atomic E-state index is -5.78. The summed E-state index contributed by atoms with van der Waals surface area (Å²) in [5.41, 5.74) is 5.33. The van der Waals surface area contributed by atoms with Crippen LogP contribution >= 0.6 is 0 Å². The number of carbonyl (C=O) groups is 1. The van der Waals surface area contributed by atoms with Crippen LogP contribution in [0.4, 0.5) is 26.3 Å². The van der Waals surface area contributed by atoms with Gasteiger partial charge >= 0.3 is 12.1 Å². The van der Waals surface area contributed by atoms with E-state index >= 15 is 0 Å². The van der Waals surface area contributed by atoms with Crippen LogP contribution in [0.1, 0.15) is 10.6 Å². The van der Waals surface area contributed by atoms with Crippen molar-refractivity contribution in [2.45, 2.75) is 12.1 Å². The number of para-hydroxylation sites is 1. The van der Waals surface area contributed by atoms with Crippen molar-refractivity contribution in [1.29, 1.82) is 0 Å². The average Bonchev–Trinajstić information content (AvgIpc) is 3.16. The third-order valence-corrected chi connectivity index (χ3v) is 3.90. The Balaban J connectivity index is 1.96. The Morgan fingerprint density at radius 3 is 2.37 bits per heavy atom. The number of benzene rings is 2. The molecular weight excluding hydrogens is 418 g/mol. The fraction of sp³-hybridized carbons (Fsp3) is 0.167. The van der Waals surface area contributed by atoms with Gasteiger partial charge in [0.15, 0.2) is 12.4 Å². The van der Waals surface area contributed by atoms with E-state index in [1.54, 1.807) is 0 Å². The van der Waals surface area contributed by atoms with Crippen molar-refractivity contribution in [2.75, 3.05) is 6.61 Å². The second-order valence-corrected chi connectivity index (χ2v) is 6.09. The van der Waals surface area contributed by atoms with Crippen LogP contribution in [-0.2, 0) is 0 Å². The largest absolute Gasteiger partial charge is 0.486 e. The fourth-order valence-electron chi connectivity index (χ4n) is 2.46. The number of halogens is 6. The summed E-state index contributed by atoms with van der Waals surface area (Å²) in [6.45, 7) is -1.95. The molecule has 3 N–H and O–H groups in total. The SMILES string of the molecule is NC(=O)c1nc(-c2cc(F)cc(-c3ccccc3OCC(F)(F)C(F)(F)F)c2)n[nH]1. The van der Waals surface area contributed by atoms with E-state index in [0.717, 1.165) is 12.1 Å². The molecule has 0 atom stereocenters. The first-order chi connectivity index (χ1) is 14.0. The number of alkyl halides is 5. The molecule has 2 aromatic carbocycles. The first-order valence-corrected chi connectivity index (χ1v) is 8.18. The van der Waals surface area contributed by atoms with E-state index in [2.05, 4.69) is 15.2 Å². The Kier molecular flexibility index (Phi) is 5.42. The quantitative estimate of drug-likeness (QED) is 0.579. The molecule has 1 heterocycles. The van der Waals surface area contributed by atoms with Crippen LogP contribution in [0.3, 0.4) is 0 Å². The third kappa shape index (κ3) is 4.36. The molecule has 0 fully saturated rings. The van der Waals surface area contributed by atoms with Crippen LogP contribution < -0.4 is 10.5 Å². The number of nitrogens with one attached hydrogen (secondary N) is 1. The van der Waals surface area contributed by atoms with Crippen LogP contribution in [0.5, 0.6) is 5.75 Å². The number of nitrogens with two attached hydrogens (primary N) is 1. The van der Waals surface area contributed by atoms with Crippen molar-refractivity contribution in [2.24, 2.45) is 5.73 Å². The van der Waals surface area contributed by atoms with E-state index < -0.39 is 30.4 Å². The molecule has 12 heteroatoms. The Morgan fingerprint density at radius 1 is 1.07 bits per heavy atom. The lowest BCUT2D eigenvalue weighted by Gasteiger charge is -2.21. The standard InChI is InChI=1S/C18H12F6N4O2/c19-11-6-9(5-10(7-11)15-26-16(14(25)29)28-27-15)12-3-1-2-4-13(12)30-8-17(20,21)18(22,23)24/h1-7H,8H2,(H2,25,29)(H,26,27,28). The first-order valence-electron chi connectivity index (χ1n) is 8.18. The lowest BCUT2D eigenvalue weighted by Crippen LogP contribution is -2.41. The maximum absolute atomic E-state index is 14.2. The minimum Gasteiger partial charge on any atom is -0.486 e. The van der Waals surface area contributed by atoms with E-state index in [1.807, 2.05) is 0 Å². The van der Waals surface area contributed by atoms with Gasteiger partial charge in [0.1, 0.15) is 11.6 Å². The van der Waals surface area contributed by atoms with Gasteiger partial charge in [-0.1, -0.05) is 18.2 Å². The number of ether oxygens (including phenoxy) is 1. The molecule has 3 rings (SSSR count). The number of amides is 1.